The summed E-state index contributed by atoms with van der Waals surface area (Å²) in [6.45, 7) is 112. The molecule has 0 unspecified atom stereocenters. The van der Waals surface area contributed by atoms with Gasteiger partial charge in [0, 0.05) is 152 Å². The molecule has 2 fully saturated rings. The molecule has 2 saturated heterocycles. The maximum Gasteiger partial charge on any atom is 0.115 e. The molecule has 0 atom stereocenters. The van der Waals surface area contributed by atoms with Crippen LogP contribution < -0.4 is 32.0 Å². The van der Waals surface area contributed by atoms with Crippen molar-refractivity contribution in [2.24, 2.45) is 10.1 Å². The van der Waals surface area contributed by atoms with Gasteiger partial charge in [-0.15, -0.1) is 0 Å². The van der Waals surface area contributed by atoms with Gasteiger partial charge in [-0.25, -0.2) is 15.0 Å². The highest BCUT2D eigenvalue weighted by molar-refractivity contribution is 7.07. The van der Waals surface area contributed by atoms with Gasteiger partial charge in [0.05, 0.1) is 19.2 Å². The van der Waals surface area contributed by atoms with Crippen LogP contribution in [0.4, 0.5) is 0 Å². The van der Waals surface area contributed by atoms with Gasteiger partial charge in [-0.2, -0.15) is 31.7 Å². The second kappa shape index (κ2) is 337. The topological polar surface area (TPSA) is 251 Å². The lowest BCUT2D eigenvalue weighted by Gasteiger charge is -2.20. The summed E-state index contributed by atoms with van der Waals surface area (Å²) in [4.78, 5) is 30.3. The van der Waals surface area contributed by atoms with E-state index in [1.165, 1.54) is 45.1 Å². The van der Waals surface area contributed by atoms with Crippen LogP contribution in [-0.4, -0.2) is 152 Å². The van der Waals surface area contributed by atoms with E-state index < -0.39 is 0 Å². The molecule has 0 bridgehead atoms. The highest BCUT2D eigenvalue weighted by Crippen LogP contribution is 2.04. The molecule has 0 aliphatic carbocycles. The van der Waals surface area contributed by atoms with Crippen molar-refractivity contribution in [2.75, 3.05) is 79.2 Å². The summed E-state index contributed by atoms with van der Waals surface area (Å²) in [5.41, 5.74) is 2.79. The van der Waals surface area contributed by atoms with E-state index >= 15 is 0 Å². The normalized spacial score (nSPS) is 9.53. The third-order valence-corrected chi connectivity index (χ3v) is 8.63. The minimum atomic E-state index is 0.958. The van der Waals surface area contributed by atoms with Crippen LogP contribution >= 0.6 is 11.3 Å². The fraction of sp³-hybridized carbons (Fsp3) is 0.677. The number of hydrazone groups is 1. The lowest BCUT2D eigenvalue weighted by molar-refractivity contribution is 0.277. The van der Waals surface area contributed by atoms with Crippen molar-refractivity contribution in [3.63, 3.8) is 0 Å². The number of likely N-dealkylation sites (tertiary alicyclic amines) is 1. The SMILES string of the molecule is C1=CCNC1.C1=CNCC1.C1=NCCN1.C1=NNCC1.C1CNCN1.CC.CC.CC.CC.CC.CC.CC.CC.CC.CC.CC.CC.CC.CC.CC.CC.CC.CC.CC.CC.CC.CC.CC.CC.CC.CN1CCCCC1.c1c[nH]cn1.c1cc[nH]c1.c1ccnnc1.c1ccsc1.c1cn[nH]c1.c1cnccn1.c1cncnc1. The fourth-order valence-electron chi connectivity index (χ4n) is 4.67. The van der Waals surface area contributed by atoms with Crippen LogP contribution in [0.5, 0.6) is 0 Å². The zero-order valence-corrected chi connectivity index (χ0v) is 91.4. The lowest BCUT2D eigenvalue weighted by Crippen LogP contribution is -2.24. The summed E-state index contributed by atoms with van der Waals surface area (Å²) in [7, 11) is 2.19. The zero-order chi connectivity index (χ0) is 99.7. The highest BCUT2D eigenvalue weighted by atomic mass is 32.1. The van der Waals surface area contributed by atoms with Gasteiger partial charge in [0.1, 0.15) is 6.33 Å². The summed E-state index contributed by atoms with van der Waals surface area (Å²) in [6.07, 6.45) is 45.6. The Bertz CT molecular complexity index is 1540. The molecule has 7 aromatic heterocycles. The zero-order valence-electron chi connectivity index (χ0n) is 90.6. The first-order chi connectivity index (χ1) is 59.9. The van der Waals surface area contributed by atoms with Crippen molar-refractivity contribution in [3.8, 4) is 0 Å². The number of nitrogens with one attached hydrogen (secondary N) is 9. The molecule has 0 radical (unpaired) electrons. The van der Waals surface area contributed by atoms with Gasteiger partial charge >= 0.3 is 0 Å². The maximum absolute atomic E-state index is 3.85. The molecule has 0 amide bonds. The summed E-state index contributed by atoms with van der Waals surface area (Å²) < 4.78 is 0. The number of H-pyrrole nitrogens is 3. The van der Waals surface area contributed by atoms with E-state index in [-0.39, 0.29) is 0 Å². The Hall–Kier alpha value is -7.30. The molecule has 0 spiro atoms. The van der Waals surface area contributed by atoms with Crippen LogP contribution in [0.1, 0.15) is 378 Å². The third-order valence-electron chi connectivity index (χ3n) is 8.00. The van der Waals surface area contributed by atoms with Gasteiger partial charge in [0.15, 0.2) is 0 Å². The molecule has 0 aromatic carbocycles. The maximum atomic E-state index is 3.85. The number of imidazole rings is 1. The number of piperidine rings is 1. The lowest BCUT2D eigenvalue weighted by atomic mass is 10.1. The van der Waals surface area contributed by atoms with Crippen LogP contribution in [-0.2, 0) is 0 Å². The second-order valence-corrected chi connectivity index (χ2v) is 14.5. The molecule has 6 aliphatic heterocycles. The summed E-state index contributed by atoms with van der Waals surface area (Å²) >= 11 is 1.71. The van der Waals surface area contributed by atoms with Gasteiger partial charge < -0.3 is 46.9 Å². The average Bonchev–Trinajstić information content (AvgIpc) is 1.43. The Morgan fingerprint density at radius 1 is 0.317 bits per heavy atom. The second-order valence-electron chi connectivity index (χ2n) is 13.7. The fourth-order valence-corrected chi connectivity index (χ4v) is 5.12. The molecule has 728 valence electrons. The van der Waals surface area contributed by atoms with Crippen LogP contribution in [0, 0.1) is 0 Å². The van der Waals surface area contributed by atoms with Crippen LogP contribution in [0.25, 0.3) is 0 Å². The Labute approximate surface area is 762 Å². The molecular formula is C99H226N20S. The first-order valence-corrected chi connectivity index (χ1v) is 49.2. The van der Waals surface area contributed by atoms with Crippen molar-refractivity contribution in [1.29, 1.82) is 0 Å². The van der Waals surface area contributed by atoms with Crippen molar-refractivity contribution < 1.29 is 0 Å². The van der Waals surface area contributed by atoms with E-state index in [1.54, 1.807) is 104 Å². The molecule has 13 heterocycles. The smallest absolute Gasteiger partial charge is 0.115 e. The Morgan fingerprint density at radius 3 is 0.850 bits per heavy atom. The Morgan fingerprint density at radius 2 is 0.733 bits per heavy atom. The summed E-state index contributed by atoms with van der Waals surface area (Å²) in [5.74, 6) is 0. The highest BCUT2D eigenvalue weighted by Gasteiger charge is 2.02. The van der Waals surface area contributed by atoms with Crippen molar-refractivity contribution in [1.82, 2.24) is 92.2 Å². The number of hydrogen-bond acceptors (Lipinski definition) is 18. The monoisotopic (exact) mass is 1730 g/mol. The van der Waals surface area contributed by atoms with E-state index in [1.807, 2.05) is 424 Å². The molecule has 0 saturated carbocycles. The number of aliphatic imine (C=N–C) groups is 1. The Kier molecular flexibility index (Phi) is 514. The average molecular weight is 1730 g/mol. The first kappa shape index (κ1) is 183. The molecular weight excluding hydrogens is 1500 g/mol. The van der Waals surface area contributed by atoms with Gasteiger partial charge in [-0.1, -0.05) is 383 Å². The summed E-state index contributed by atoms with van der Waals surface area (Å²) in [6, 6.07) is 15.2. The van der Waals surface area contributed by atoms with Crippen LogP contribution in [0.3, 0.4) is 0 Å². The Balaban J connectivity index is -0.0000000340. The number of hydrogen-bond donors (Lipinski definition) is 9. The quantitative estimate of drug-likeness (QED) is 0.0641. The number of thiophene rings is 1. The van der Waals surface area contributed by atoms with Crippen molar-refractivity contribution in [3.05, 3.63) is 183 Å². The first-order valence-electron chi connectivity index (χ1n) is 48.2. The van der Waals surface area contributed by atoms with Gasteiger partial charge in [0.2, 0.25) is 0 Å². The molecule has 13 rings (SSSR count). The van der Waals surface area contributed by atoms with Gasteiger partial charge in [0.25, 0.3) is 0 Å². The van der Waals surface area contributed by atoms with Crippen molar-refractivity contribution in [2.45, 2.75) is 378 Å². The predicted octanol–water partition coefficient (Wildman–Crippen LogP) is 31.1. The number of aromatic amines is 3. The van der Waals surface area contributed by atoms with E-state index in [0.29, 0.717) is 0 Å². The van der Waals surface area contributed by atoms with Gasteiger partial charge in [-0.05, 0) is 92.8 Å². The number of rotatable bonds is 0. The minimum absolute atomic E-state index is 0.958. The third kappa shape index (κ3) is 328. The van der Waals surface area contributed by atoms with E-state index in [4.69, 9.17) is 0 Å². The standard InChI is InChI=1S/C6H13N.3C4H4N2.2C4H7N.C4H5N.C4H4S.C3H8N2.C3H6N2.C3H4N2.C3H6N2.C3H4N2.25C2H6/c1-7-5-3-2-4-6-7;1-2-6-4-3-5-1;1-2-5-4-6-3-1;1-2-4-6-5-3-1;4*1-2-4-5-3-1;3*1-2-5-3-4-1;2*1-2-4-5-3-1;25*1-2/h2-6H2,1H3;3*1-4H;1,3,5H,2,4H2;1-2,5H,3-4H2;1-5H;1-4H;4-5H,1-3H2;3H,1-2H2,(H,4,5);1-3H,(H,4,5);2,5H,1,3H2;1-3H,(H,4,5);25*1-2H3. The molecule has 6 aliphatic rings. The largest absolute Gasteiger partial charge is 0.391 e. The molecule has 7 aromatic rings. The van der Waals surface area contributed by atoms with Crippen molar-refractivity contribution >= 4 is 23.9 Å². The number of aromatic nitrogens is 11. The van der Waals surface area contributed by atoms with E-state index in [0.717, 1.165) is 65.4 Å². The van der Waals surface area contributed by atoms with Gasteiger partial charge in [-0.3, -0.25) is 20.1 Å². The summed E-state index contributed by atoms with van der Waals surface area (Å²) in [5, 5.41) is 36.4. The minimum Gasteiger partial charge on any atom is -0.391 e. The van der Waals surface area contributed by atoms with Crippen LogP contribution in [0.2, 0.25) is 0 Å². The molecule has 120 heavy (non-hydrogen) atoms. The van der Waals surface area contributed by atoms with E-state index in [9.17, 15) is 0 Å². The molecule has 21 heteroatoms. The number of nitrogens with zero attached hydrogens (tertiary/aromatic N) is 11. The predicted molar refractivity (Wildman–Crippen MR) is 571 cm³/mol. The van der Waals surface area contributed by atoms with E-state index in [2.05, 4.69) is 128 Å². The molecule has 9 N–H and O–H groups in total. The molecule has 20 nitrogen and oxygen atoms in total. The van der Waals surface area contributed by atoms with Crippen LogP contribution in [0.15, 0.2) is 193 Å².